The zero-order valence-corrected chi connectivity index (χ0v) is 9.63. The Labute approximate surface area is 95.7 Å². The molecule has 1 fully saturated rings. The molecule has 0 N–H and O–H groups in total. The van der Waals surface area contributed by atoms with Crippen LogP contribution in [0.3, 0.4) is 0 Å². The summed E-state index contributed by atoms with van der Waals surface area (Å²) in [6.45, 7) is 1.19. The van der Waals surface area contributed by atoms with Gasteiger partial charge in [0.15, 0.2) is 0 Å². The molecule has 0 spiro atoms. The topological polar surface area (TPSA) is 20.5 Å². The van der Waals surface area contributed by atoms with Crippen LogP contribution in [0.25, 0.3) is 5.52 Å². The Morgan fingerprint density at radius 3 is 3.12 bits per heavy atom. The van der Waals surface area contributed by atoms with Crippen LogP contribution in [0, 0.1) is 0 Å². The Morgan fingerprint density at radius 1 is 1.31 bits per heavy atom. The van der Waals surface area contributed by atoms with Crippen molar-refractivity contribution < 1.29 is 0 Å². The second kappa shape index (κ2) is 3.91. The van der Waals surface area contributed by atoms with Crippen LogP contribution in [0.1, 0.15) is 31.1 Å². The van der Waals surface area contributed by atoms with E-state index in [2.05, 4.69) is 45.7 Å². The van der Waals surface area contributed by atoms with E-state index in [-0.39, 0.29) is 0 Å². The molecule has 3 heterocycles. The van der Waals surface area contributed by atoms with Crippen LogP contribution in [0.2, 0.25) is 0 Å². The molecule has 0 bridgehead atoms. The van der Waals surface area contributed by atoms with E-state index in [4.69, 9.17) is 0 Å². The second-order valence-corrected chi connectivity index (χ2v) is 4.60. The highest BCUT2D eigenvalue weighted by Gasteiger charge is 2.23. The zero-order chi connectivity index (χ0) is 11.0. The van der Waals surface area contributed by atoms with Gasteiger partial charge in [0, 0.05) is 6.20 Å². The fourth-order valence-corrected chi connectivity index (χ4v) is 2.61. The molecule has 1 unspecified atom stereocenters. The van der Waals surface area contributed by atoms with Gasteiger partial charge < -0.3 is 4.40 Å². The highest BCUT2D eigenvalue weighted by atomic mass is 15.2. The molecule has 16 heavy (non-hydrogen) atoms. The van der Waals surface area contributed by atoms with Gasteiger partial charge in [-0.3, -0.25) is 4.90 Å². The molecule has 1 saturated heterocycles. The van der Waals surface area contributed by atoms with E-state index in [1.807, 2.05) is 6.20 Å². The van der Waals surface area contributed by atoms with E-state index in [1.54, 1.807) is 0 Å². The fourth-order valence-electron chi connectivity index (χ4n) is 2.61. The summed E-state index contributed by atoms with van der Waals surface area (Å²) in [6, 6.07) is 6.73. The van der Waals surface area contributed by atoms with Crippen LogP contribution in [0.15, 0.2) is 30.6 Å². The number of pyridine rings is 1. The van der Waals surface area contributed by atoms with E-state index in [0.29, 0.717) is 6.04 Å². The van der Waals surface area contributed by atoms with Gasteiger partial charge in [0.05, 0.1) is 17.8 Å². The smallest absolute Gasteiger partial charge is 0.130 e. The highest BCUT2D eigenvalue weighted by molar-refractivity contribution is 5.45. The quantitative estimate of drug-likeness (QED) is 0.728. The van der Waals surface area contributed by atoms with E-state index >= 15 is 0 Å². The normalized spacial score (nSPS) is 22.7. The molecule has 3 heteroatoms. The predicted octanol–water partition coefficient (Wildman–Crippen LogP) is 2.49. The summed E-state index contributed by atoms with van der Waals surface area (Å²) < 4.78 is 2.21. The number of piperidine rings is 1. The monoisotopic (exact) mass is 215 g/mol. The van der Waals surface area contributed by atoms with Crippen LogP contribution in [0.5, 0.6) is 0 Å². The van der Waals surface area contributed by atoms with Crippen molar-refractivity contribution in [2.24, 2.45) is 0 Å². The Bertz CT molecular complexity index is 489. The van der Waals surface area contributed by atoms with Gasteiger partial charge in [-0.05, 0) is 38.6 Å². The van der Waals surface area contributed by atoms with Crippen molar-refractivity contribution in [1.29, 1.82) is 0 Å². The minimum absolute atomic E-state index is 0.485. The summed E-state index contributed by atoms with van der Waals surface area (Å²) in [6.07, 6.45) is 7.94. The van der Waals surface area contributed by atoms with Crippen molar-refractivity contribution >= 4 is 5.52 Å². The lowest BCUT2D eigenvalue weighted by Gasteiger charge is -2.31. The third kappa shape index (κ3) is 1.52. The van der Waals surface area contributed by atoms with Gasteiger partial charge in [0.2, 0.25) is 0 Å². The van der Waals surface area contributed by atoms with Crippen LogP contribution >= 0.6 is 0 Å². The molecule has 0 radical (unpaired) electrons. The Kier molecular flexibility index (Phi) is 2.40. The van der Waals surface area contributed by atoms with Gasteiger partial charge in [0.25, 0.3) is 0 Å². The van der Waals surface area contributed by atoms with Crippen molar-refractivity contribution in [3.8, 4) is 0 Å². The highest BCUT2D eigenvalue weighted by Crippen LogP contribution is 2.28. The molecule has 84 valence electrons. The standard InChI is InChI=1S/C13H17N3/c1-15-8-4-3-7-12(15)13-14-10-11-6-2-5-9-16(11)13/h2,5-6,9-10,12H,3-4,7-8H2,1H3. The van der Waals surface area contributed by atoms with E-state index in [1.165, 1.54) is 37.1 Å². The number of rotatable bonds is 1. The van der Waals surface area contributed by atoms with Gasteiger partial charge in [-0.2, -0.15) is 0 Å². The van der Waals surface area contributed by atoms with Crippen molar-refractivity contribution in [2.45, 2.75) is 25.3 Å². The fraction of sp³-hybridized carbons (Fsp3) is 0.462. The molecular weight excluding hydrogens is 198 g/mol. The molecule has 1 aliphatic heterocycles. The number of fused-ring (bicyclic) bond motifs is 1. The number of imidazole rings is 1. The van der Waals surface area contributed by atoms with Gasteiger partial charge in [-0.15, -0.1) is 0 Å². The van der Waals surface area contributed by atoms with Gasteiger partial charge >= 0.3 is 0 Å². The first-order valence-corrected chi connectivity index (χ1v) is 5.98. The first-order chi connectivity index (χ1) is 7.86. The molecule has 3 rings (SSSR count). The summed E-state index contributed by atoms with van der Waals surface area (Å²) in [4.78, 5) is 7.01. The molecule has 1 atom stereocenters. The zero-order valence-electron chi connectivity index (χ0n) is 9.63. The van der Waals surface area contributed by atoms with E-state index < -0.39 is 0 Å². The molecule has 0 saturated carbocycles. The molecule has 2 aromatic heterocycles. The average molecular weight is 215 g/mol. The van der Waals surface area contributed by atoms with Crippen molar-refractivity contribution in [2.75, 3.05) is 13.6 Å². The van der Waals surface area contributed by atoms with Gasteiger partial charge in [-0.1, -0.05) is 12.5 Å². The van der Waals surface area contributed by atoms with Gasteiger partial charge in [0.1, 0.15) is 5.82 Å². The molecule has 0 aliphatic carbocycles. The Balaban J connectivity index is 2.04. The maximum Gasteiger partial charge on any atom is 0.130 e. The lowest BCUT2D eigenvalue weighted by atomic mass is 10.0. The van der Waals surface area contributed by atoms with Crippen LogP contribution in [-0.2, 0) is 0 Å². The van der Waals surface area contributed by atoms with Crippen LogP contribution in [-0.4, -0.2) is 27.9 Å². The number of aromatic nitrogens is 2. The molecule has 0 amide bonds. The number of hydrogen-bond acceptors (Lipinski definition) is 2. The molecule has 2 aromatic rings. The lowest BCUT2D eigenvalue weighted by molar-refractivity contribution is 0.179. The third-order valence-electron chi connectivity index (χ3n) is 3.54. The summed E-state index contributed by atoms with van der Waals surface area (Å²) in [5.74, 6) is 1.19. The van der Waals surface area contributed by atoms with Crippen molar-refractivity contribution in [3.63, 3.8) is 0 Å². The van der Waals surface area contributed by atoms with Crippen molar-refractivity contribution in [1.82, 2.24) is 14.3 Å². The summed E-state index contributed by atoms with van der Waals surface area (Å²) >= 11 is 0. The van der Waals surface area contributed by atoms with Crippen LogP contribution < -0.4 is 0 Å². The van der Waals surface area contributed by atoms with Crippen molar-refractivity contribution in [3.05, 3.63) is 36.4 Å². The summed E-state index contributed by atoms with van der Waals surface area (Å²) in [7, 11) is 2.20. The molecule has 0 aromatic carbocycles. The lowest BCUT2D eigenvalue weighted by Crippen LogP contribution is -2.30. The first-order valence-electron chi connectivity index (χ1n) is 5.98. The molecule has 1 aliphatic rings. The Hall–Kier alpha value is -1.35. The summed E-state index contributed by atoms with van der Waals surface area (Å²) in [5.41, 5.74) is 1.19. The number of nitrogens with zero attached hydrogens (tertiary/aromatic N) is 3. The molecule has 3 nitrogen and oxygen atoms in total. The largest absolute Gasteiger partial charge is 0.302 e. The maximum absolute atomic E-state index is 4.59. The SMILES string of the molecule is CN1CCCCC1c1ncc2ccccn12. The number of hydrogen-bond donors (Lipinski definition) is 0. The summed E-state index contributed by atoms with van der Waals surface area (Å²) in [5, 5.41) is 0. The predicted molar refractivity (Wildman–Crippen MR) is 64.4 cm³/mol. The number of likely N-dealkylation sites (tertiary alicyclic amines) is 1. The Morgan fingerprint density at radius 2 is 2.25 bits per heavy atom. The average Bonchev–Trinajstić information content (AvgIpc) is 2.74. The second-order valence-electron chi connectivity index (χ2n) is 4.60. The molecular formula is C13H17N3. The van der Waals surface area contributed by atoms with Gasteiger partial charge in [-0.25, -0.2) is 4.98 Å². The van der Waals surface area contributed by atoms with Crippen LogP contribution in [0.4, 0.5) is 0 Å². The first kappa shape index (κ1) is 9.85. The van der Waals surface area contributed by atoms with E-state index in [9.17, 15) is 0 Å². The van der Waals surface area contributed by atoms with E-state index in [0.717, 1.165) is 0 Å². The maximum atomic E-state index is 4.59. The third-order valence-corrected chi connectivity index (χ3v) is 3.54. The minimum Gasteiger partial charge on any atom is -0.302 e. The minimum atomic E-state index is 0.485.